The van der Waals surface area contributed by atoms with E-state index in [1.54, 1.807) is 0 Å². The summed E-state index contributed by atoms with van der Waals surface area (Å²) in [6, 6.07) is 0. The highest BCUT2D eigenvalue weighted by molar-refractivity contribution is 7.52. The van der Waals surface area contributed by atoms with Crippen molar-refractivity contribution in [1.29, 1.82) is 0 Å². The molecule has 1 heterocycles. The van der Waals surface area contributed by atoms with Gasteiger partial charge in [0.1, 0.15) is 6.10 Å². The Balaban J connectivity index is 0.982. The van der Waals surface area contributed by atoms with Crippen LogP contribution in [0.3, 0.4) is 0 Å². The Hall–Kier alpha value is -0.0900. The van der Waals surface area contributed by atoms with Gasteiger partial charge in [-0.2, -0.15) is 0 Å². The summed E-state index contributed by atoms with van der Waals surface area (Å²) in [7, 11) is -4.51. The lowest BCUT2D eigenvalue weighted by molar-refractivity contribution is -0.206. The van der Waals surface area contributed by atoms with Gasteiger partial charge < -0.3 is 39.3 Å². The second-order valence-electron chi connectivity index (χ2n) is 19.6. The highest BCUT2D eigenvalue weighted by atomic mass is 31.2. The lowest BCUT2D eigenvalue weighted by atomic mass is 9.43. The molecule has 0 amide bonds. The largest absolute Gasteiger partial charge is 0.393 e. The van der Waals surface area contributed by atoms with Crippen LogP contribution in [0.2, 0.25) is 0 Å². The first-order valence-corrected chi connectivity index (χ1v) is 24.9. The van der Waals surface area contributed by atoms with E-state index in [1.165, 1.54) is 83.5 Å². The smallest absolute Gasteiger partial charge is 0.329 e. The van der Waals surface area contributed by atoms with E-state index in [-0.39, 0.29) is 47.7 Å². The number of hydrogen-bond donors (Lipinski definition) is 5. The molecule has 4 aliphatic carbocycles. The summed E-state index contributed by atoms with van der Waals surface area (Å²) in [6.07, 6.45) is 23.3. The van der Waals surface area contributed by atoms with E-state index < -0.39 is 37.0 Å². The van der Waals surface area contributed by atoms with E-state index in [9.17, 15) is 29.7 Å². The van der Waals surface area contributed by atoms with Crippen LogP contribution in [0, 0.1) is 46.3 Å². The third-order valence-corrected chi connectivity index (χ3v) is 17.8. The van der Waals surface area contributed by atoms with E-state index in [4.69, 9.17) is 14.2 Å². The van der Waals surface area contributed by atoms with Gasteiger partial charge in [0, 0.05) is 19.8 Å². The molecule has 322 valence electrons. The molecule has 55 heavy (non-hydrogen) atoms. The monoisotopic (exact) mass is 799 g/mol. The maximum absolute atomic E-state index is 12.9. The minimum atomic E-state index is -4.51. The zero-order valence-electron chi connectivity index (χ0n) is 35.3. The highest BCUT2D eigenvalue weighted by Crippen LogP contribution is 2.71. The Morgan fingerprint density at radius 1 is 0.745 bits per heavy atom. The summed E-state index contributed by atoms with van der Waals surface area (Å²) in [4.78, 5) is 21.0. The maximum atomic E-state index is 12.9. The molecule has 0 radical (unpaired) electrons. The van der Waals surface area contributed by atoms with Gasteiger partial charge in [0.15, 0.2) is 0 Å². The van der Waals surface area contributed by atoms with E-state index >= 15 is 0 Å². The van der Waals surface area contributed by atoms with Crippen LogP contribution in [0.15, 0.2) is 0 Å². The molecule has 1 saturated heterocycles. The lowest BCUT2D eigenvalue weighted by Gasteiger charge is -2.65. The van der Waals surface area contributed by atoms with E-state index in [0.717, 1.165) is 51.7 Å². The van der Waals surface area contributed by atoms with Crippen LogP contribution in [0.25, 0.3) is 0 Å². The van der Waals surface area contributed by atoms with Gasteiger partial charge in [-0.25, -0.2) is 0 Å². The van der Waals surface area contributed by atoms with Crippen molar-refractivity contribution in [2.75, 3.05) is 26.4 Å². The fourth-order valence-corrected chi connectivity index (χ4v) is 14.8. The molecule has 5 rings (SSSR count). The average Bonchev–Trinajstić information content (AvgIpc) is 3.74. The van der Waals surface area contributed by atoms with Crippen molar-refractivity contribution in [1.82, 2.24) is 0 Å². The average molecular weight is 799 g/mol. The zero-order chi connectivity index (χ0) is 39.6. The number of ether oxygens (including phenoxy) is 3. The summed E-state index contributed by atoms with van der Waals surface area (Å²) in [6.45, 7) is 11.6. The molecule has 10 heteroatoms. The number of aliphatic hydroxyl groups is 3. The lowest BCUT2D eigenvalue weighted by Crippen LogP contribution is -2.65. The van der Waals surface area contributed by atoms with Crippen LogP contribution in [-0.4, -0.2) is 87.7 Å². The highest BCUT2D eigenvalue weighted by Gasteiger charge is 2.69. The quantitative estimate of drug-likeness (QED) is 0.0477. The molecule has 5 aliphatic rings. The van der Waals surface area contributed by atoms with Crippen LogP contribution in [-0.2, 0) is 18.8 Å². The van der Waals surface area contributed by atoms with Crippen LogP contribution >= 0.6 is 7.60 Å². The fraction of sp³-hybridized carbons (Fsp3) is 1.00. The number of rotatable bonds is 24. The third-order valence-electron chi connectivity index (χ3n) is 16.2. The van der Waals surface area contributed by atoms with Gasteiger partial charge in [0.05, 0.1) is 36.7 Å². The fourth-order valence-electron chi connectivity index (χ4n) is 13.1. The first-order chi connectivity index (χ1) is 26.3. The summed E-state index contributed by atoms with van der Waals surface area (Å²) >= 11 is 0. The normalized spacial score (nSPS) is 39.5. The molecule has 5 N–H and O–H groups in total. The standard InChI is InChI=1S/C45H83O9P/c1-5-6-7-8-9-10-11-12-13-14-15-16-17-18-24-52-31-40-39(23-26-54-40)53-25-19-20-32(2)35-21-22-36-43-37(30-41(48)45(35,36)4)44(3)33(28-38(43)47)27-34(46)29-42(44)55(49,50)51/h32-43,46-48H,5-31H2,1-4H3,(H2,49,50,51)/t32-,33+,34+,35-,36+,37+,38-,39+,40-,41+,42?,43+,44+,45-/m1/s1. The number of hydrogen-bond acceptors (Lipinski definition) is 7. The van der Waals surface area contributed by atoms with Gasteiger partial charge in [0.2, 0.25) is 0 Å². The predicted molar refractivity (Wildman–Crippen MR) is 219 cm³/mol. The summed E-state index contributed by atoms with van der Waals surface area (Å²) < 4.78 is 31.3. The van der Waals surface area contributed by atoms with E-state index in [1.807, 2.05) is 6.92 Å². The molecule has 14 atom stereocenters. The van der Waals surface area contributed by atoms with Gasteiger partial charge in [-0.15, -0.1) is 0 Å². The Morgan fingerprint density at radius 2 is 1.38 bits per heavy atom. The van der Waals surface area contributed by atoms with Crippen molar-refractivity contribution >= 4 is 7.60 Å². The molecule has 0 aromatic rings. The number of aliphatic hydroxyl groups excluding tert-OH is 3. The van der Waals surface area contributed by atoms with Gasteiger partial charge in [-0.05, 0) is 111 Å². The maximum Gasteiger partial charge on any atom is 0.329 e. The molecule has 0 spiro atoms. The Bertz CT molecular complexity index is 1170. The first kappa shape index (κ1) is 46.0. The number of unbranched alkanes of at least 4 members (excludes halogenated alkanes) is 13. The van der Waals surface area contributed by atoms with Crippen molar-refractivity contribution in [3.63, 3.8) is 0 Å². The minimum absolute atomic E-state index is 0.00452. The van der Waals surface area contributed by atoms with Gasteiger partial charge in [-0.3, -0.25) is 4.57 Å². The summed E-state index contributed by atoms with van der Waals surface area (Å²) in [5.74, 6) is 0.321. The molecule has 1 aliphatic heterocycles. The zero-order valence-corrected chi connectivity index (χ0v) is 36.2. The predicted octanol–water partition coefficient (Wildman–Crippen LogP) is 9.19. The molecule has 9 nitrogen and oxygen atoms in total. The van der Waals surface area contributed by atoms with Crippen molar-refractivity contribution in [3.05, 3.63) is 0 Å². The molecule has 5 fully saturated rings. The SMILES string of the molecule is CCCCCCCCCCCCCCCCOC[C@H]1OCC[C@@H]1OCCC[C@@H](C)[C@H]1CC[C@H]2[C@@H]3[C@H](O)C[C@@H]4C[C@H](O)CC(P(=O)(O)O)[C@]4(C)[C@H]3C[C@H](O)[C@]12C. The van der Waals surface area contributed by atoms with E-state index in [0.29, 0.717) is 44.3 Å². The third kappa shape index (κ3) is 11.2. The first-order valence-electron chi connectivity index (χ1n) is 23.2. The second-order valence-corrected chi connectivity index (χ2v) is 21.4. The van der Waals surface area contributed by atoms with Crippen molar-refractivity contribution < 1.29 is 43.9 Å². The van der Waals surface area contributed by atoms with Gasteiger partial charge in [-0.1, -0.05) is 111 Å². The number of fused-ring (bicyclic) bond motifs is 5. The molecular weight excluding hydrogens is 715 g/mol. The molecule has 0 aromatic heterocycles. The molecule has 4 saturated carbocycles. The summed E-state index contributed by atoms with van der Waals surface area (Å²) in [5.41, 5.74) is -2.04. The van der Waals surface area contributed by atoms with Crippen LogP contribution in [0.1, 0.15) is 175 Å². The van der Waals surface area contributed by atoms with Gasteiger partial charge >= 0.3 is 7.60 Å². The molecule has 0 aromatic carbocycles. The minimum Gasteiger partial charge on any atom is -0.393 e. The molecule has 0 bridgehead atoms. The van der Waals surface area contributed by atoms with Crippen molar-refractivity contribution in [2.45, 2.75) is 212 Å². The Morgan fingerprint density at radius 3 is 2.02 bits per heavy atom. The topological polar surface area (TPSA) is 146 Å². The Labute approximate surface area is 335 Å². The Kier molecular flexibility index (Phi) is 17.9. The summed E-state index contributed by atoms with van der Waals surface area (Å²) in [5, 5.41) is 34.3. The van der Waals surface area contributed by atoms with Crippen molar-refractivity contribution in [2.24, 2.45) is 46.3 Å². The van der Waals surface area contributed by atoms with Gasteiger partial charge in [0.25, 0.3) is 0 Å². The van der Waals surface area contributed by atoms with E-state index in [2.05, 4.69) is 20.8 Å². The van der Waals surface area contributed by atoms with Crippen molar-refractivity contribution in [3.8, 4) is 0 Å². The van der Waals surface area contributed by atoms with Crippen LogP contribution in [0.4, 0.5) is 0 Å². The second kappa shape index (κ2) is 21.4. The molecule has 1 unspecified atom stereocenters. The molecular formula is C45H83O9P. The van der Waals surface area contributed by atoms with Crippen LogP contribution in [0.5, 0.6) is 0 Å². The van der Waals surface area contributed by atoms with Crippen LogP contribution < -0.4 is 0 Å².